The number of benzene rings is 2. The summed E-state index contributed by atoms with van der Waals surface area (Å²) in [7, 11) is 0. The Kier molecular flexibility index (Phi) is 3.48. The number of hydrogen-bond acceptors (Lipinski definition) is 2. The third kappa shape index (κ3) is 2.42. The lowest BCUT2D eigenvalue weighted by atomic mass is 9.99. The summed E-state index contributed by atoms with van der Waals surface area (Å²) in [5, 5.41) is 6.09. The van der Waals surface area contributed by atoms with Crippen LogP contribution in [0.1, 0.15) is 21.5 Å². The van der Waals surface area contributed by atoms with Crippen LogP contribution < -0.4 is 10.6 Å². The van der Waals surface area contributed by atoms with Gasteiger partial charge >= 0.3 is 0 Å². The fourth-order valence-corrected chi connectivity index (χ4v) is 2.47. The average Bonchev–Trinajstić information content (AvgIpc) is 2.48. The smallest absolute Gasteiger partial charge is 0.258 e. The highest BCUT2D eigenvalue weighted by atomic mass is 19.1. The molecule has 2 aromatic rings. The van der Waals surface area contributed by atoms with E-state index in [0.29, 0.717) is 0 Å². The summed E-state index contributed by atoms with van der Waals surface area (Å²) in [6.07, 6.45) is 0.943. The number of fused-ring (bicyclic) bond motifs is 1. The van der Waals surface area contributed by atoms with E-state index in [2.05, 4.69) is 16.7 Å². The Morgan fingerprint density at radius 1 is 1.15 bits per heavy atom. The van der Waals surface area contributed by atoms with E-state index in [1.165, 1.54) is 17.7 Å². The lowest BCUT2D eigenvalue weighted by molar-refractivity contribution is 0.102. The summed E-state index contributed by atoms with van der Waals surface area (Å²) in [6, 6.07) is 11.8. The molecule has 0 unspecified atom stereocenters. The van der Waals surface area contributed by atoms with Crippen molar-refractivity contribution in [2.24, 2.45) is 0 Å². The largest absolute Gasteiger partial charge is 0.322 e. The van der Waals surface area contributed by atoms with Crippen molar-refractivity contribution in [3.05, 3.63) is 65.0 Å². The molecule has 1 amide bonds. The molecule has 0 fully saturated rings. The second-order valence-electron chi connectivity index (χ2n) is 4.80. The molecule has 0 bridgehead atoms. The predicted octanol–water partition coefficient (Wildman–Crippen LogP) is 2.72. The molecule has 0 atom stereocenters. The van der Waals surface area contributed by atoms with Crippen LogP contribution in [0, 0.1) is 5.82 Å². The van der Waals surface area contributed by atoms with E-state index >= 15 is 0 Å². The maximum absolute atomic E-state index is 13.6. The van der Waals surface area contributed by atoms with Gasteiger partial charge in [-0.05, 0) is 42.3 Å². The standard InChI is InChI=1S/C16H15FN2O/c17-14-6-2-1-5-12(14)16(20)19-15-7-3-4-11-8-9-18-10-13(11)15/h1-7,18H,8-10H2,(H,19,20). The Bertz CT molecular complexity index is 655. The van der Waals surface area contributed by atoms with Gasteiger partial charge in [0.15, 0.2) is 0 Å². The second kappa shape index (κ2) is 5.43. The van der Waals surface area contributed by atoms with Gasteiger partial charge in [0, 0.05) is 12.2 Å². The molecule has 2 aromatic carbocycles. The van der Waals surface area contributed by atoms with Gasteiger partial charge in [-0.2, -0.15) is 0 Å². The summed E-state index contributed by atoms with van der Waals surface area (Å²) >= 11 is 0. The van der Waals surface area contributed by atoms with Gasteiger partial charge in [-0.25, -0.2) is 4.39 Å². The van der Waals surface area contributed by atoms with Crippen LogP contribution in [0.5, 0.6) is 0 Å². The number of halogens is 1. The summed E-state index contributed by atoms with van der Waals surface area (Å²) in [5.74, 6) is -0.921. The van der Waals surface area contributed by atoms with E-state index in [-0.39, 0.29) is 5.56 Å². The molecule has 2 N–H and O–H groups in total. The van der Waals surface area contributed by atoms with Crippen LogP contribution in [-0.4, -0.2) is 12.5 Å². The quantitative estimate of drug-likeness (QED) is 0.881. The first-order valence-electron chi connectivity index (χ1n) is 6.63. The third-order valence-electron chi connectivity index (χ3n) is 3.51. The molecule has 0 aromatic heterocycles. The molecule has 1 heterocycles. The topological polar surface area (TPSA) is 41.1 Å². The molecular formula is C16H15FN2O. The highest BCUT2D eigenvalue weighted by Gasteiger charge is 2.16. The predicted molar refractivity (Wildman–Crippen MR) is 76.2 cm³/mol. The van der Waals surface area contributed by atoms with Gasteiger partial charge in [-0.3, -0.25) is 4.79 Å². The van der Waals surface area contributed by atoms with E-state index in [4.69, 9.17) is 0 Å². The number of amides is 1. The summed E-state index contributed by atoms with van der Waals surface area (Å²) in [4.78, 5) is 12.1. The Morgan fingerprint density at radius 2 is 2.00 bits per heavy atom. The molecule has 0 saturated carbocycles. The fraction of sp³-hybridized carbons (Fsp3) is 0.188. The van der Waals surface area contributed by atoms with Crippen LogP contribution in [-0.2, 0) is 13.0 Å². The van der Waals surface area contributed by atoms with Gasteiger partial charge in [0.05, 0.1) is 5.56 Å². The highest BCUT2D eigenvalue weighted by Crippen LogP contribution is 2.23. The van der Waals surface area contributed by atoms with Crippen molar-refractivity contribution in [3.63, 3.8) is 0 Å². The third-order valence-corrected chi connectivity index (χ3v) is 3.51. The zero-order chi connectivity index (χ0) is 13.9. The molecule has 0 spiro atoms. The molecule has 1 aliphatic rings. The van der Waals surface area contributed by atoms with Crippen LogP contribution >= 0.6 is 0 Å². The Balaban J connectivity index is 1.89. The summed E-state index contributed by atoms with van der Waals surface area (Å²) in [6.45, 7) is 1.67. The van der Waals surface area contributed by atoms with E-state index < -0.39 is 11.7 Å². The molecule has 0 saturated heterocycles. The molecule has 3 rings (SSSR count). The summed E-state index contributed by atoms with van der Waals surface area (Å²) < 4.78 is 13.6. The van der Waals surface area contributed by atoms with E-state index in [1.54, 1.807) is 12.1 Å². The van der Waals surface area contributed by atoms with Crippen molar-refractivity contribution >= 4 is 11.6 Å². The van der Waals surface area contributed by atoms with Crippen molar-refractivity contribution in [3.8, 4) is 0 Å². The van der Waals surface area contributed by atoms with E-state index in [1.807, 2.05) is 12.1 Å². The van der Waals surface area contributed by atoms with Crippen LogP contribution in [0.3, 0.4) is 0 Å². The number of rotatable bonds is 2. The van der Waals surface area contributed by atoms with Crippen molar-refractivity contribution in [2.45, 2.75) is 13.0 Å². The van der Waals surface area contributed by atoms with Crippen LogP contribution in [0.2, 0.25) is 0 Å². The molecule has 0 radical (unpaired) electrons. The first kappa shape index (κ1) is 12.8. The second-order valence-corrected chi connectivity index (χ2v) is 4.80. The van der Waals surface area contributed by atoms with E-state index in [0.717, 1.165) is 30.8 Å². The normalized spacial score (nSPS) is 13.7. The molecule has 1 aliphatic heterocycles. The summed E-state index contributed by atoms with van der Waals surface area (Å²) in [5.41, 5.74) is 3.13. The number of carbonyl (C=O) groups excluding carboxylic acids is 1. The monoisotopic (exact) mass is 270 g/mol. The zero-order valence-corrected chi connectivity index (χ0v) is 10.9. The highest BCUT2D eigenvalue weighted by molar-refractivity contribution is 6.04. The van der Waals surface area contributed by atoms with Gasteiger partial charge in [0.2, 0.25) is 0 Å². The minimum absolute atomic E-state index is 0.0638. The van der Waals surface area contributed by atoms with Crippen molar-refractivity contribution < 1.29 is 9.18 Å². The lowest BCUT2D eigenvalue weighted by Gasteiger charge is -2.20. The minimum atomic E-state index is -0.507. The number of anilines is 1. The fourth-order valence-electron chi connectivity index (χ4n) is 2.47. The minimum Gasteiger partial charge on any atom is -0.322 e. The zero-order valence-electron chi connectivity index (χ0n) is 10.9. The molecular weight excluding hydrogens is 255 g/mol. The van der Waals surface area contributed by atoms with Gasteiger partial charge in [0.1, 0.15) is 5.82 Å². The van der Waals surface area contributed by atoms with Gasteiger partial charge in [0.25, 0.3) is 5.91 Å². The number of nitrogens with one attached hydrogen (secondary N) is 2. The van der Waals surface area contributed by atoms with E-state index in [9.17, 15) is 9.18 Å². The van der Waals surface area contributed by atoms with Crippen LogP contribution in [0.15, 0.2) is 42.5 Å². The Hall–Kier alpha value is -2.20. The number of hydrogen-bond donors (Lipinski definition) is 2. The SMILES string of the molecule is O=C(Nc1cccc2c1CNCC2)c1ccccc1F. The molecule has 102 valence electrons. The molecule has 3 nitrogen and oxygen atoms in total. The average molecular weight is 270 g/mol. The maximum atomic E-state index is 13.6. The maximum Gasteiger partial charge on any atom is 0.258 e. The van der Waals surface area contributed by atoms with Gasteiger partial charge < -0.3 is 10.6 Å². The first-order chi connectivity index (χ1) is 9.75. The molecule has 4 heteroatoms. The number of carbonyl (C=O) groups is 1. The first-order valence-corrected chi connectivity index (χ1v) is 6.63. The Labute approximate surface area is 116 Å². The lowest BCUT2D eigenvalue weighted by Crippen LogP contribution is -2.25. The van der Waals surface area contributed by atoms with Crippen molar-refractivity contribution in [1.82, 2.24) is 5.32 Å². The molecule has 0 aliphatic carbocycles. The van der Waals surface area contributed by atoms with Crippen molar-refractivity contribution in [1.29, 1.82) is 0 Å². The van der Waals surface area contributed by atoms with Crippen molar-refractivity contribution in [2.75, 3.05) is 11.9 Å². The van der Waals surface area contributed by atoms with Crippen LogP contribution in [0.25, 0.3) is 0 Å². The van der Waals surface area contributed by atoms with Gasteiger partial charge in [-0.15, -0.1) is 0 Å². The molecule has 20 heavy (non-hydrogen) atoms. The van der Waals surface area contributed by atoms with Crippen LogP contribution in [0.4, 0.5) is 10.1 Å². The van der Waals surface area contributed by atoms with Gasteiger partial charge in [-0.1, -0.05) is 24.3 Å². The Morgan fingerprint density at radius 3 is 2.85 bits per heavy atom.